The molecule has 0 saturated heterocycles. The minimum atomic E-state index is 0.661. The lowest BCUT2D eigenvalue weighted by Crippen LogP contribution is -2.03. The van der Waals surface area contributed by atoms with E-state index in [1.54, 1.807) is 35.7 Å². The number of H-pyrrole nitrogens is 1. The van der Waals surface area contributed by atoms with Crippen LogP contribution in [0.3, 0.4) is 0 Å². The van der Waals surface area contributed by atoms with Gasteiger partial charge in [0.15, 0.2) is 5.82 Å². The number of aromatic amines is 1. The topological polar surface area (TPSA) is 98.1 Å². The molecule has 0 aliphatic carbocycles. The molecular formula is C20H14N8. The van der Waals surface area contributed by atoms with Crippen LogP contribution >= 0.6 is 0 Å². The third kappa shape index (κ3) is 2.73. The average Bonchev–Trinajstić information content (AvgIpc) is 3.43. The molecule has 0 atom stereocenters. The van der Waals surface area contributed by atoms with Gasteiger partial charge in [0.25, 0.3) is 0 Å². The normalized spacial score (nSPS) is 10.9. The Kier molecular flexibility index (Phi) is 3.91. The first-order valence-electron chi connectivity index (χ1n) is 8.65. The number of aromatic nitrogens is 8. The maximum atomic E-state index is 4.85. The minimum absolute atomic E-state index is 0.661. The van der Waals surface area contributed by atoms with Crippen LogP contribution in [0.5, 0.6) is 0 Å². The number of nitrogens with zero attached hydrogens (tertiary/aromatic N) is 7. The molecular weight excluding hydrogens is 352 g/mol. The molecule has 0 amide bonds. The lowest BCUT2D eigenvalue weighted by Gasteiger charge is -2.07. The van der Waals surface area contributed by atoms with Gasteiger partial charge in [-0.2, -0.15) is 10.2 Å². The summed E-state index contributed by atoms with van der Waals surface area (Å²) in [6, 6.07) is 15.1. The molecule has 5 aromatic rings. The van der Waals surface area contributed by atoms with Gasteiger partial charge in [0, 0.05) is 31.0 Å². The van der Waals surface area contributed by atoms with Gasteiger partial charge in [0.1, 0.15) is 22.9 Å². The van der Waals surface area contributed by atoms with Gasteiger partial charge in [-0.05, 0) is 36.4 Å². The van der Waals surface area contributed by atoms with Gasteiger partial charge in [0.2, 0.25) is 0 Å². The van der Waals surface area contributed by atoms with Gasteiger partial charge in [-0.25, -0.2) is 14.6 Å². The Morgan fingerprint density at radius 3 is 2.29 bits per heavy atom. The Hall–Kier alpha value is -4.20. The van der Waals surface area contributed by atoms with E-state index in [0.29, 0.717) is 23.0 Å². The first-order chi connectivity index (χ1) is 13.9. The zero-order chi connectivity index (χ0) is 18.8. The van der Waals surface area contributed by atoms with Crippen LogP contribution in [0.2, 0.25) is 0 Å². The fraction of sp³-hybridized carbons (Fsp3) is 0. The van der Waals surface area contributed by atoms with Crippen molar-refractivity contribution in [3.8, 4) is 40.0 Å². The van der Waals surface area contributed by atoms with Crippen molar-refractivity contribution in [1.29, 1.82) is 0 Å². The molecule has 5 heterocycles. The second-order valence-corrected chi connectivity index (χ2v) is 5.93. The van der Waals surface area contributed by atoms with E-state index in [-0.39, 0.29) is 0 Å². The number of nitrogens with one attached hydrogen (secondary N) is 1. The van der Waals surface area contributed by atoms with Gasteiger partial charge in [0.05, 0.1) is 11.3 Å². The summed E-state index contributed by atoms with van der Waals surface area (Å²) in [6.07, 6.45) is 8.58. The van der Waals surface area contributed by atoms with Crippen molar-refractivity contribution in [3.05, 3.63) is 79.5 Å². The summed E-state index contributed by atoms with van der Waals surface area (Å²) < 4.78 is 1.76. The van der Waals surface area contributed by atoms with E-state index in [1.807, 2.05) is 48.5 Å². The molecule has 0 fully saturated rings. The SMILES string of the molecule is c1ccc(-c2nn(-c3ccccn3)c(-c3cccnn3)c2-c2ncc[nH]2)nc1. The van der Waals surface area contributed by atoms with E-state index >= 15 is 0 Å². The highest BCUT2D eigenvalue weighted by molar-refractivity contribution is 5.88. The molecule has 0 spiro atoms. The van der Waals surface area contributed by atoms with E-state index < -0.39 is 0 Å². The quantitative estimate of drug-likeness (QED) is 0.525. The molecule has 0 aliphatic rings. The molecule has 1 N–H and O–H groups in total. The van der Waals surface area contributed by atoms with Crippen LogP contribution in [0.4, 0.5) is 0 Å². The summed E-state index contributed by atoms with van der Waals surface area (Å²) in [7, 11) is 0. The van der Waals surface area contributed by atoms with Crippen molar-refractivity contribution in [1.82, 2.24) is 39.9 Å². The molecule has 0 saturated carbocycles. The lowest BCUT2D eigenvalue weighted by molar-refractivity contribution is 0.848. The Labute approximate surface area is 160 Å². The predicted molar refractivity (Wildman–Crippen MR) is 103 cm³/mol. The van der Waals surface area contributed by atoms with Crippen LogP contribution in [0.1, 0.15) is 0 Å². The highest BCUT2D eigenvalue weighted by Crippen LogP contribution is 2.38. The summed E-state index contributed by atoms with van der Waals surface area (Å²) in [4.78, 5) is 16.6. The molecule has 134 valence electrons. The number of imidazole rings is 1. The third-order valence-electron chi connectivity index (χ3n) is 4.21. The maximum absolute atomic E-state index is 4.85. The molecule has 0 radical (unpaired) electrons. The van der Waals surface area contributed by atoms with Crippen LogP contribution in [-0.4, -0.2) is 39.9 Å². The summed E-state index contributed by atoms with van der Waals surface area (Å²) >= 11 is 0. The van der Waals surface area contributed by atoms with Gasteiger partial charge >= 0.3 is 0 Å². The number of rotatable bonds is 4. The number of hydrogen-bond acceptors (Lipinski definition) is 6. The summed E-state index contributed by atoms with van der Waals surface area (Å²) in [5.74, 6) is 1.33. The molecule has 8 heteroatoms. The highest BCUT2D eigenvalue weighted by Gasteiger charge is 2.26. The zero-order valence-electron chi connectivity index (χ0n) is 14.6. The van der Waals surface area contributed by atoms with Crippen LogP contribution in [0.15, 0.2) is 79.5 Å². The van der Waals surface area contributed by atoms with Crippen LogP contribution in [0, 0.1) is 0 Å². The third-order valence-corrected chi connectivity index (χ3v) is 4.21. The van der Waals surface area contributed by atoms with Gasteiger partial charge in [-0.3, -0.25) is 4.98 Å². The molecule has 0 aromatic carbocycles. The van der Waals surface area contributed by atoms with Gasteiger partial charge in [-0.1, -0.05) is 12.1 Å². The predicted octanol–water partition coefficient (Wildman–Crippen LogP) is 3.18. The summed E-state index contributed by atoms with van der Waals surface area (Å²) in [6.45, 7) is 0. The fourth-order valence-corrected chi connectivity index (χ4v) is 3.04. The van der Waals surface area contributed by atoms with E-state index in [2.05, 4.69) is 30.1 Å². The van der Waals surface area contributed by atoms with E-state index in [9.17, 15) is 0 Å². The van der Waals surface area contributed by atoms with E-state index in [1.165, 1.54) is 0 Å². The first kappa shape index (κ1) is 16.0. The van der Waals surface area contributed by atoms with Crippen molar-refractivity contribution in [2.45, 2.75) is 0 Å². The fourth-order valence-electron chi connectivity index (χ4n) is 3.04. The standard InChI is InChI=1S/C20H14N8/c1-3-9-21-14(6-1)18-17(20-23-12-13-24-20)19(15-7-5-11-25-26-15)28(27-18)16-8-2-4-10-22-16/h1-13H,(H,23,24). The largest absolute Gasteiger partial charge is 0.344 e. The second kappa shape index (κ2) is 6.84. The van der Waals surface area contributed by atoms with Crippen molar-refractivity contribution in [2.24, 2.45) is 0 Å². The summed E-state index contributed by atoms with van der Waals surface area (Å²) in [5.41, 5.74) is 3.60. The Morgan fingerprint density at radius 1 is 0.750 bits per heavy atom. The number of hydrogen-bond donors (Lipinski definition) is 1. The Balaban J connectivity index is 1.88. The monoisotopic (exact) mass is 366 g/mol. The van der Waals surface area contributed by atoms with E-state index in [4.69, 9.17) is 5.10 Å². The maximum Gasteiger partial charge on any atom is 0.154 e. The molecule has 0 bridgehead atoms. The van der Waals surface area contributed by atoms with Crippen molar-refractivity contribution in [3.63, 3.8) is 0 Å². The van der Waals surface area contributed by atoms with Crippen molar-refractivity contribution < 1.29 is 0 Å². The van der Waals surface area contributed by atoms with E-state index in [0.717, 1.165) is 17.0 Å². The lowest BCUT2D eigenvalue weighted by atomic mass is 10.1. The Morgan fingerprint density at radius 2 is 1.61 bits per heavy atom. The second-order valence-electron chi connectivity index (χ2n) is 5.93. The molecule has 0 unspecified atom stereocenters. The average molecular weight is 366 g/mol. The van der Waals surface area contributed by atoms with Gasteiger partial charge in [-0.15, -0.1) is 5.10 Å². The van der Waals surface area contributed by atoms with Crippen LogP contribution < -0.4 is 0 Å². The molecule has 5 rings (SSSR count). The highest BCUT2D eigenvalue weighted by atomic mass is 15.3. The minimum Gasteiger partial charge on any atom is -0.344 e. The molecule has 8 nitrogen and oxygen atoms in total. The summed E-state index contributed by atoms with van der Waals surface area (Å²) in [5, 5.41) is 13.2. The van der Waals surface area contributed by atoms with Crippen LogP contribution in [0.25, 0.3) is 40.0 Å². The van der Waals surface area contributed by atoms with Crippen molar-refractivity contribution in [2.75, 3.05) is 0 Å². The molecule has 0 aliphatic heterocycles. The van der Waals surface area contributed by atoms with Crippen molar-refractivity contribution >= 4 is 0 Å². The first-order valence-corrected chi connectivity index (χ1v) is 8.65. The molecule has 28 heavy (non-hydrogen) atoms. The Bertz CT molecular complexity index is 1180. The zero-order valence-corrected chi connectivity index (χ0v) is 14.6. The van der Waals surface area contributed by atoms with Crippen LogP contribution in [-0.2, 0) is 0 Å². The smallest absolute Gasteiger partial charge is 0.154 e. The molecule has 5 aromatic heterocycles. The number of pyridine rings is 2. The van der Waals surface area contributed by atoms with Gasteiger partial charge < -0.3 is 4.98 Å².